The highest BCUT2D eigenvalue weighted by molar-refractivity contribution is 7.99. The maximum atomic E-state index is 13.2. The van der Waals surface area contributed by atoms with Crippen LogP contribution in [0.2, 0.25) is 0 Å². The first-order valence-corrected chi connectivity index (χ1v) is 11.7. The number of pyridine rings is 1. The van der Waals surface area contributed by atoms with Gasteiger partial charge < -0.3 is 9.13 Å². The summed E-state index contributed by atoms with van der Waals surface area (Å²) in [6.07, 6.45) is 5.74. The molecule has 0 unspecified atom stereocenters. The molecule has 1 saturated carbocycles. The van der Waals surface area contributed by atoms with Gasteiger partial charge in [0.15, 0.2) is 11.6 Å². The molecule has 0 spiro atoms. The van der Waals surface area contributed by atoms with Crippen molar-refractivity contribution < 1.29 is 9.59 Å². The van der Waals surface area contributed by atoms with Crippen LogP contribution in [0.25, 0.3) is 10.9 Å². The molecule has 0 N–H and O–H groups in total. The molecular weight excluding hydrogens is 420 g/mol. The second-order valence-corrected chi connectivity index (χ2v) is 9.31. The molecule has 162 valence electrons. The Morgan fingerprint density at radius 2 is 1.91 bits per heavy atom. The Morgan fingerprint density at radius 3 is 2.62 bits per heavy atom. The van der Waals surface area contributed by atoms with E-state index in [9.17, 15) is 9.59 Å². The molecule has 0 saturated heterocycles. The summed E-state index contributed by atoms with van der Waals surface area (Å²) in [7, 11) is 1.80. The molecule has 1 aromatic carbocycles. The molecule has 1 aliphatic rings. The standard InChI is InChI=1S/C25H24N4O2S/c1-15-12-19(16(2)29(15)17-8-9-17)22(30)14-32-23-13-20(18-6-4-5-7-21(18)27-23)24(31)25-26-10-11-28(25)3/h4-7,10-13,17H,8-9,14H2,1-3H3. The average molecular weight is 445 g/mol. The van der Waals surface area contributed by atoms with Gasteiger partial charge in [0.05, 0.1) is 16.3 Å². The lowest BCUT2D eigenvalue weighted by molar-refractivity contribution is 0.101. The van der Waals surface area contributed by atoms with Crippen molar-refractivity contribution in [3.05, 3.63) is 77.1 Å². The molecule has 5 rings (SSSR count). The highest BCUT2D eigenvalue weighted by atomic mass is 32.2. The Kier molecular flexibility index (Phi) is 5.21. The number of carbonyl (C=O) groups is 2. The normalized spacial score (nSPS) is 13.6. The quantitative estimate of drug-likeness (QED) is 0.299. The summed E-state index contributed by atoms with van der Waals surface area (Å²) in [5, 5.41) is 1.44. The average Bonchev–Trinajstić information content (AvgIpc) is 3.45. The summed E-state index contributed by atoms with van der Waals surface area (Å²) in [5.41, 5.74) is 4.26. The highest BCUT2D eigenvalue weighted by Gasteiger charge is 2.28. The first-order chi connectivity index (χ1) is 15.4. The lowest BCUT2D eigenvalue weighted by Gasteiger charge is -2.09. The van der Waals surface area contributed by atoms with Crippen LogP contribution in [0.5, 0.6) is 0 Å². The van der Waals surface area contributed by atoms with Gasteiger partial charge in [-0.25, -0.2) is 9.97 Å². The minimum Gasteiger partial charge on any atom is -0.345 e. The van der Waals surface area contributed by atoms with Crippen molar-refractivity contribution in [2.24, 2.45) is 7.05 Å². The SMILES string of the molecule is Cc1cc(C(=O)CSc2cc(C(=O)c3nccn3C)c3ccccc3n2)c(C)n1C1CC1. The molecule has 3 heterocycles. The molecular formula is C25H24N4O2S. The Morgan fingerprint density at radius 1 is 1.12 bits per heavy atom. The van der Waals surface area contributed by atoms with Crippen LogP contribution < -0.4 is 0 Å². The van der Waals surface area contributed by atoms with Gasteiger partial charge in [-0.1, -0.05) is 30.0 Å². The van der Waals surface area contributed by atoms with Gasteiger partial charge in [0.25, 0.3) is 0 Å². The van der Waals surface area contributed by atoms with Gasteiger partial charge in [0.1, 0.15) is 0 Å². The van der Waals surface area contributed by atoms with E-state index in [-0.39, 0.29) is 17.3 Å². The number of hydrogen-bond acceptors (Lipinski definition) is 5. The molecule has 1 fully saturated rings. The topological polar surface area (TPSA) is 69.8 Å². The Labute approximate surface area is 190 Å². The number of para-hydroxylation sites is 1. The lowest BCUT2D eigenvalue weighted by atomic mass is 10.1. The van der Waals surface area contributed by atoms with E-state index in [0.717, 1.165) is 27.9 Å². The number of fused-ring (bicyclic) bond motifs is 1. The van der Waals surface area contributed by atoms with Gasteiger partial charge >= 0.3 is 0 Å². The van der Waals surface area contributed by atoms with Gasteiger partial charge in [0.2, 0.25) is 5.78 Å². The fourth-order valence-electron chi connectivity index (χ4n) is 4.29. The molecule has 0 amide bonds. The van der Waals surface area contributed by atoms with Crippen molar-refractivity contribution in [3.8, 4) is 0 Å². The maximum Gasteiger partial charge on any atom is 0.229 e. The van der Waals surface area contributed by atoms with Crippen molar-refractivity contribution in [2.75, 3.05) is 5.75 Å². The van der Waals surface area contributed by atoms with Crippen molar-refractivity contribution in [2.45, 2.75) is 37.8 Å². The zero-order valence-corrected chi connectivity index (χ0v) is 19.1. The number of benzene rings is 1. The van der Waals surface area contributed by atoms with Crippen molar-refractivity contribution in [1.29, 1.82) is 0 Å². The van der Waals surface area contributed by atoms with Crippen LogP contribution in [-0.4, -0.2) is 36.4 Å². The van der Waals surface area contributed by atoms with Crippen molar-refractivity contribution in [1.82, 2.24) is 19.1 Å². The Hall–Kier alpha value is -3.19. The Balaban J connectivity index is 1.44. The molecule has 0 aliphatic heterocycles. The third kappa shape index (κ3) is 3.66. The number of Topliss-reactive ketones (excluding diaryl/α,β-unsaturated/α-hetero) is 1. The predicted molar refractivity (Wildman–Crippen MR) is 126 cm³/mol. The van der Waals surface area contributed by atoms with E-state index >= 15 is 0 Å². The van der Waals surface area contributed by atoms with Gasteiger partial charge in [0, 0.05) is 53.4 Å². The van der Waals surface area contributed by atoms with Gasteiger partial charge in [-0.2, -0.15) is 0 Å². The molecule has 7 heteroatoms. The van der Waals surface area contributed by atoms with Crippen LogP contribution in [0.3, 0.4) is 0 Å². The van der Waals surface area contributed by atoms with Crippen LogP contribution in [0.15, 0.2) is 53.8 Å². The largest absolute Gasteiger partial charge is 0.345 e. The number of nitrogens with zero attached hydrogens (tertiary/aromatic N) is 4. The summed E-state index contributed by atoms with van der Waals surface area (Å²) in [4.78, 5) is 35.1. The molecule has 4 aromatic rings. The van der Waals surface area contributed by atoms with Crippen LogP contribution in [0.1, 0.15) is 56.8 Å². The monoisotopic (exact) mass is 444 g/mol. The molecule has 0 radical (unpaired) electrons. The van der Waals surface area contributed by atoms with Crippen LogP contribution in [0.4, 0.5) is 0 Å². The van der Waals surface area contributed by atoms with Gasteiger partial charge in [-0.3, -0.25) is 9.59 Å². The van der Waals surface area contributed by atoms with Crippen LogP contribution in [0, 0.1) is 13.8 Å². The molecule has 1 aliphatic carbocycles. The maximum absolute atomic E-state index is 13.2. The highest BCUT2D eigenvalue weighted by Crippen LogP contribution is 2.38. The fraction of sp³-hybridized carbons (Fsp3) is 0.280. The first kappa shape index (κ1) is 20.7. The van der Waals surface area contributed by atoms with Crippen molar-refractivity contribution >= 4 is 34.2 Å². The molecule has 0 bridgehead atoms. The number of carbonyl (C=O) groups excluding carboxylic acids is 2. The summed E-state index contributed by atoms with van der Waals surface area (Å²) < 4.78 is 4.00. The smallest absolute Gasteiger partial charge is 0.229 e. The van der Waals surface area contributed by atoms with E-state index in [1.165, 1.54) is 24.6 Å². The minimum atomic E-state index is -0.155. The predicted octanol–water partition coefficient (Wildman–Crippen LogP) is 4.93. The van der Waals surface area contributed by atoms with Gasteiger partial charge in [-0.05, 0) is 44.9 Å². The number of aromatic nitrogens is 4. The third-order valence-corrected chi connectivity index (χ3v) is 6.92. The second kappa shape index (κ2) is 8.06. The number of aryl methyl sites for hydroxylation is 2. The summed E-state index contributed by atoms with van der Waals surface area (Å²) in [6, 6.07) is 11.9. The van der Waals surface area contributed by atoms with E-state index in [0.29, 0.717) is 22.5 Å². The number of imidazole rings is 1. The van der Waals surface area contributed by atoms with E-state index in [4.69, 9.17) is 4.98 Å². The second-order valence-electron chi connectivity index (χ2n) is 8.31. The summed E-state index contributed by atoms with van der Waals surface area (Å²) >= 11 is 1.37. The zero-order valence-electron chi connectivity index (χ0n) is 18.3. The number of rotatable bonds is 7. The zero-order chi connectivity index (χ0) is 22.4. The van der Waals surface area contributed by atoms with E-state index < -0.39 is 0 Å². The molecule has 32 heavy (non-hydrogen) atoms. The van der Waals surface area contributed by atoms with Crippen LogP contribution in [-0.2, 0) is 7.05 Å². The van der Waals surface area contributed by atoms with E-state index in [1.807, 2.05) is 37.3 Å². The Bertz CT molecular complexity index is 1360. The lowest BCUT2D eigenvalue weighted by Crippen LogP contribution is -2.10. The minimum absolute atomic E-state index is 0.0851. The fourth-order valence-corrected chi connectivity index (χ4v) is 5.09. The van der Waals surface area contributed by atoms with Crippen molar-refractivity contribution in [3.63, 3.8) is 0 Å². The number of ketones is 2. The summed E-state index contributed by atoms with van der Waals surface area (Å²) in [5.74, 6) is 0.580. The molecule has 3 aromatic heterocycles. The first-order valence-electron chi connectivity index (χ1n) is 10.7. The van der Waals surface area contributed by atoms with Crippen LogP contribution >= 0.6 is 11.8 Å². The molecule has 6 nitrogen and oxygen atoms in total. The molecule has 0 atom stereocenters. The number of hydrogen-bond donors (Lipinski definition) is 0. The van der Waals surface area contributed by atoms with E-state index in [2.05, 4.69) is 16.5 Å². The van der Waals surface area contributed by atoms with Gasteiger partial charge in [-0.15, -0.1) is 0 Å². The summed E-state index contributed by atoms with van der Waals surface area (Å²) in [6.45, 7) is 4.09. The number of thioether (sulfide) groups is 1. The van der Waals surface area contributed by atoms with E-state index in [1.54, 1.807) is 30.1 Å². The third-order valence-electron chi connectivity index (χ3n) is 6.01.